The van der Waals surface area contributed by atoms with Gasteiger partial charge in [0, 0.05) is 0 Å². The maximum Gasteiger partial charge on any atom is 0.413 e. The van der Waals surface area contributed by atoms with Gasteiger partial charge < -0.3 is 4.18 Å². The van der Waals surface area contributed by atoms with E-state index in [2.05, 4.69) is 4.18 Å². The molecule has 1 unspecified atom stereocenters. The number of halogens is 3. The van der Waals surface area contributed by atoms with Crippen LogP contribution in [0.15, 0.2) is 24.3 Å². The normalized spacial score (nSPS) is 13.5. The van der Waals surface area contributed by atoms with Gasteiger partial charge in [-0.15, -0.1) is 0 Å². The fourth-order valence-electron chi connectivity index (χ4n) is 0.862. The lowest BCUT2D eigenvalue weighted by Gasteiger charge is -2.08. The number of benzene rings is 1. The molecule has 90 valence electrons. The zero-order valence-corrected chi connectivity index (χ0v) is 9.10. The number of hydrogen-bond donors (Lipinski definition) is 0. The second-order valence-electron chi connectivity index (χ2n) is 2.93. The van der Waals surface area contributed by atoms with Crippen molar-refractivity contribution in [3.8, 4) is 5.75 Å². The number of para-hydroxylation sites is 1. The van der Waals surface area contributed by atoms with Crippen LogP contribution in [0.2, 0.25) is 0 Å². The van der Waals surface area contributed by atoms with E-state index in [-0.39, 0.29) is 5.75 Å². The van der Waals surface area contributed by atoms with Crippen LogP contribution in [-0.2, 0) is 15.5 Å². The van der Waals surface area contributed by atoms with Crippen molar-refractivity contribution in [3.05, 3.63) is 29.8 Å². The van der Waals surface area contributed by atoms with Crippen LogP contribution in [-0.4, -0.2) is 17.0 Å². The lowest BCUT2D eigenvalue weighted by Crippen LogP contribution is -2.19. The van der Waals surface area contributed by atoms with Crippen molar-refractivity contribution >= 4 is 11.4 Å². The molecule has 0 heterocycles. The Morgan fingerprint density at radius 1 is 1.31 bits per heavy atom. The van der Waals surface area contributed by atoms with E-state index >= 15 is 0 Å². The highest BCUT2D eigenvalue weighted by Gasteiger charge is 2.29. The van der Waals surface area contributed by atoms with Gasteiger partial charge in [0.1, 0.15) is 5.75 Å². The van der Waals surface area contributed by atoms with Gasteiger partial charge in [0.2, 0.25) is 0 Å². The molecule has 7 heteroatoms. The Morgan fingerprint density at radius 3 is 2.50 bits per heavy atom. The first-order chi connectivity index (χ1) is 7.38. The average molecular weight is 254 g/mol. The van der Waals surface area contributed by atoms with Crippen molar-refractivity contribution < 1.29 is 25.7 Å². The van der Waals surface area contributed by atoms with Crippen LogP contribution in [0, 0.1) is 6.92 Å². The minimum Gasteiger partial charge on any atom is -0.380 e. The molecule has 1 rings (SSSR count). The van der Waals surface area contributed by atoms with Gasteiger partial charge in [-0.25, -0.2) is 4.18 Å². The van der Waals surface area contributed by atoms with Crippen LogP contribution >= 0.6 is 0 Å². The van der Waals surface area contributed by atoms with Crippen molar-refractivity contribution in [2.45, 2.75) is 13.1 Å². The Labute approximate surface area is 93.0 Å². The number of aryl methyl sites for hydroxylation is 1. The molecule has 0 radical (unpaired) electrons. The summed E-state index contributed by atoms with van der Waals surface area (Å²) in [4.78, 5) is 0. The van der Waals surface area contributed by atoms with Gasteiger partial charge in [0.25, 0.3) is 0 Å². The highest BCUT2D eigenvalue weighted by atomic mass is 32.2. The zero-order valence-electron chi connectivity index (χ0n) is 8.28. The molecule has 0 N–H and O–H groups in total. The molecule has 0 aliphatic heterocycles. The quantitative estimate of drug-likeness (QED) is 0.828. The van der Waals surface area contributed by atoms with Gasteiger partial charge in [-0.05, 0) is 18.6 Å². The van der Waals surface area contributed by atoms with Crippen LogP contribution in [0.4, 0.5) is 13.2 Å². The second-order valence-corrected chi connectivity index (χ2v) is 3.74. The molecule has 0 fully saturated rings. The highest BCUT2D eigenvalue weighted by molar-refractivity contribution is 7.75. The first-order valence-corrected chi connectivity index (χ1v) is 5.24. The van der Waals surface area contributed by atoms with Crippen LogP contribution < -0.4 is 4.18 Å². The molecular formula is C9H9F3O3S. The minimum atomic E-state index is -4.52. The maximum absolute atomic E-state index is 11.7. The first-order valence-electron chi connectivity index (χ1n) is 4.24. The van der Waals surface area contributed by atoms with Crippen LogP contribution in [0.1, 0.15) is 5.56 Å². The molecule has 1 aromatic rings. The summed E-state index contributed by atoms with van der Waals surface area (Å²) in [6.07, 6.45) is -4.52. The van der Waals surface area contributed by atoms with Gasteiger partial charge >= 0.3 is 17.5 Å². The SMILES string of the molecule is Cc1ccccc1OS(=O)OCC(F)(F)F. The lowest BCUT2D eigenvalue weighted by molar-refractivity contribution is -0.152. The maximum atomic E-state index is 11.7. The van der Waals surface area contributed by atoms with E-state index in [1.807, 2.05) is 0 Å². The van der Waals surface area contributed by atoms with Gasteiger partial charge in [-0.1, -0.05) is 18.2 Å². The Morgan fingerprint density at radius 2 is 1.94 bits per heavy atom. The van der Waals surface area contributed by atoms with E-state index in [4.69, 9.17) is 4.18 Å². The molecule has 0 spiro atoms. The van der Waals surface area contributed by atoms with Crippen LogP contribution in [0.5, 0.6) is 5.75 Å². The number of rotatable bonds is 4. The molecule has 1 aromatic carbocycles. The fourth-order valence-corrected chi connectivity index (χ4v) is 1.47. The number of alkyl halides is 3. The molecule has 0 aromatic heterocycles. The highest BCUT2D eigenvalue weighted by Crippen LogP contribution is 2.19. The van der Waals surface area contributed by atoms with E-state index in [0.29, 0.717) is 5.56 Å². The molecule has 0 aliphatic rings. The largest absolute Gasteiger partial charge is 0.413 e. The summed E-state index contributed by atoms with van der Waals surface area (Å²) in [5, 5.41) is 0. The summed E-state index contributed by atoms with van der Waals surface area (Å²) in [5.41, 5.74) is 0.659. The summed E-state index contributed by atoms with van der Waals surface area (Å²) >= 11 is -2.45. The molecule has 0 amide bonds. The van der Waals surface area contributed by atoms with Gasteiger partial charge in [0.05, 0.1) is 0 Å². The van der Waals surface area contributed by atoms with E-state index in [1.54, 1.807) is 25.1 Å². The van der Waals surface area contributed by atoms with Crippen molar-refractivity contribution in [2.24, 2.45) is 0 Å². The fraction of sp³-hybridized carbons (Fsp3) is 0.333. The summed E-state index contributed by atoms with van der Waals surface area (Å²) in [6.45, 7) is 0.0712. The predicted octanol–water partition coefficient (Wildman–Crippen LogP) is 2.53. The monoisotopic (exact) mass is 254 g/mol. The topological polar surface area (TPSA) is 35.5 Å². The predicted molar refractivity (Wildman–Crippen MR) is 52.0 cm³/mol. The van der Waals surface area contributed by atoms with Crippen molar-refractivity contribution in [3.63, 3.8) is 0 Å². The Kier molecular flexibility index (Phi) is 4.31. The van der Waals surface area contributed by atoms with Crippen molar-refractivity contribution in [2.75, 3.05) is 6.61 Å². The summed E-state index contributed by atoms with van der Waals surface area (Å²) in [6, 6.07) is 6.51. The Hall–Kier alpha value is -1.08. The summed E-state index contributed by atoms with van der Waals surface area (Å²) in [5.74, 6) is 0.225. The van der Waals surface area contributed by atoms with E-state index in [0.717, 1.165) is 0 Å². The van der Waals surface area contributed by atoms with E-state index in [9.17, 15) is 17.4 Å². The third-order valence-corrected chi connectivity index (χ3v) is 2.20. The Balaban J connectivity index is 2.50. The van der Waals surface area contributed by atoms with Gasteiger partial charge in [-0.3, -0.25) is 0 Å². The number of hydrogen-bond acceptors (Lipinski definition) is 3. The molecule has 3 nitrogen and oxygen atoms in total. The summed E-state index contributed by atoms with van der Waals surface area (Å²) < 4.78 is 54.8. The van der Waals surface area contributed by atoms with Gasteiger partial charge in [0.15, 0.2) is 6.61 Å². The third-order valence-electron chi connectivity index (χ3n) is 1.57. The molecule has 1 atom stereocenters. The van der Waals surface area contributed by atoms with Crippen molar-refractivity contribution in [1.82, 2.24) is 0 Å². The van der Waals surface area contributed by atoms with Crippen LogP contribution in [0.25, 0.3) is 0 Å². The van der Waals surface area contributed by atoms with E-state index in [1.165, 1.54) is 6.07 Å². The molecular weight excluding hydrogens is 245 g/mol. The standard InChI is InChI=1S/C9H9F3O3S/c1-7-4-2-3-5-8(7)15-16(13)14-6-9(10,11)12/h2-5H,6H2,1H3. The third kappa shape index (κ3) is 4.63. The molecule has 0 bridgehead atoms. The average Bonchev–Trinajstić information content (AvgIpc) is 2.18. The minimum absolute atomic E-state index is 0.225. The molecule has 0 aliphatic carbocycles. The first kappa shape index (κ1) is 13.0. The second kappa shape index (κ2) is 5.31. The molecule has 0 saturated carbocycles. The summed E-state index contributed by atoms with van der Waals surface area (Å²) in [7, 11) is 0. The zero-order chi connectivity index (χ0) is 12.2. The van der Waals surface area contributed by atoms with Gasteiger partial charge in [-0.2, -0.15) is 17.4 Å². The lowest BCUT2D eigenvalue weighted by atomic mass is 10.2. The molecule has 16 heavy (non-hydrogen) atoms. The van der Waals surface area contributed by atoms with Crippen molar-refractivity contribution in [1.29, 1.82) is 0 Å². The van der Waals surface area contributed by atoms with E-state index < -0.39 is 24.1 Å². The van der Waals surface area contributed by atoms with Crippen LogP contribution in [0.3, 0.4) is 0 Å². The smallest absolute Gasteiger partial charge is 0.380 e. The Bertz CT molecular complexity index is 379. The molecule has 0 saturated heterocycles.